The number of hydrogen-bond donors (Lipinski definition) is 1. The largest absolute Gasteiger partial charge is 0.478 e. The summed E-state index contributed by atoms with van der Waals surface area (Å²) in [4.78, 5) is 21.6. The summed E-state index contributed by atoms with van der Waals surface area (Å²) >= 11 is 0. The Kier molecular flexibility index (Phi) is 4.68. The lowest BCUT2D eigenvalue weighted by Gasteiger charge is -2.31. The van der Waals surface area contributed by atoms with Crippen LogP contribution in [0.15, 0.2) is 42.9 Å². The minimum atomic E-state index is -1.14. The molecule has 0 saturated carbocycles. The van der Waals surface area contributed by atoms with Crippen molar-refractivity contribution in [1.82, 2.24) is 9.97 Å². The van der Waals surface area contributed by atoms with Crippen LogP contribution in [0, 0.1) is 0 Å². The zero-order chi connectivity index (χ0) is 16.1. The molecule has 1 aromatic heterocycles. The van der Waals surface area contributed by atoms with E-state index >= 15 is 0 Å². The molecule has 2 heterocycles. The Balaban J connectivity index is 1.91. The summed E-state index contributed by atoms with van der Waals surface area (Å²) in [6.45, 7) is 2.69. The number of anilines is 1. The number of aliphatic carboxylic acids is 1. The van der Waals surface area contributed by atoms with Crippen molar-refractivity contribution in [1.29, 1.82) is 0 Å². The van der Waals surface area contributed by atoms with Crippen molar-refractivity contribution in [2.75, 3.05) is 31.2 Å². The third-order valence-electron chi connectivity index (χ3n) is 3.59. The van der Waals surface area contributed by atoms with Crippen molar-refractivity contribution in [2.24, 2.45) is 0 Å². The Morgan fingerprint density at radius 2 is 2.04 bits per heavy atom. The molecule has 0 radical (unpaired) electrons. The van der Waals surface area contributed by atoms with Crippen LogP contribution in [0.2, 0.25) is 0 Å². The van der Waals surface area contributed by atoms with Crippen molar-refractivity contribution in [3.63, 3.8) is 0 Å². The number of carbonyl (C=O) groups is 1. The van der Waals surface area contributed by atoms with E-state index in [2.05, 4.69) is 14.9 Å². The van der Waals surface area contributed by atoms with Gasteiger partial charge in [-0.2, -0.15) is 0 Å². The first-order valence-electron chi connectivity index (χ1n) is 7.33. The van der Waals surface area contributed by atoms with Gasteiger partial charge in [-0.1, -0.05) is 18.2 Å². The molecule has 1 fully saturated rings. The summed E-state index contributed by atoms with van der Waals surface area (Å²) in [5, 5.41) is 9.60. The highest BCUT2D eigenvalue weighted by Gasteiger charge is 2.27. The molecule has 120 valence electrons. The van der Waals surface area contributed by atoms with Gasteiger partial charge in [-0.05, 0) is 6.07 Å². The molecule has 0 aliphatic carbocycles. The third kappa shape index (κ3) is 3.57. The van der Waals surface area contributed by atoms with Crippen LogP contribution in [-0.2, 0) is 9.53 Å². The van der Waals surface area contributed by atoms with Gasteiger partial charge in [0.2, 0.25) is 12.0 Å². The molecule has 1 unspecified atom stereocenters. The van der Waals surface area contributed by atoms with Crippen LogP contribution in [0.1, 0.15) is 11.7 Å². The minimum Gasteiger partial charge on any atom is -0.478 e. The number of benzene rings is 1. The maximum atomic E-state index is 11.7. The maximum Gasteiger partial charge on any atom is 0.349 e. The summed E-state index contributed by atoms with van der Waals surface area (Å²) in [5.74, 6) is -0.839. The van der Waals surface area contributed by atoms with E-state index in [1.807, 2.05) is 12.1 Å². The predicted molar refractivity (Wildman–Crippen MR) is 82.5 cm³/mol. The lowest BCUT2D eigenvalue weighted by Crippen LogP contribution is -2.37. The van der Waals surface area contributed by atoms with Crippen LogP contribution in [0.3, 0.4) is 0 Å². The Morgan fingerprint density at radius 1 is 1.26 bits per heavy atom. The van der Waals surface area contributed by atoms with Gasteiger partial charge in [0.05, 0.1) is 13.2 Å². The normalized spacial score (nSPS) is 15.9. The van der Waals surface area contributed by atoms with Crippen molar-refractivity contribution < 1.29 is 19.4 Å². The summed E-state index contributed by atoms with van der Waals surface area (Å²) in [5.41, 5.74) is 1.44. The molecule has 1 aromatic carbocycles. The first kappa shape index (κ1) is 15.2. The second-order valence-electron chi connectivity index (χ2n) is 5.04. The standard InChI is InChI=1S/C16H17N3O4/c20-16(21)15(23-14-5-6-17-11-18-14)12-3-1-2-4-13(12)19-7-9-22-10-8-19/h1-6,11,15H,7-10H2,(H,20,21). The van der Waals surface area contributed by atoms with Crippen molar-refractivity contribution >= 4 is 11.7 Å². The zero-order valence-corrected chi connectivity index (χ0v) is 12.5. The Hall–Kier alpha value is -2.67. The molecule has 7 heteroatoms. The van der Waals surface area contributed by atoms with Gasteiger partial charge in [0.15, 0.2) is 0 Å². The molecule has 23 heavy (non-hydrogen) atoms. The number of rotatable bonds is 5. The van der Waals surface area contributed by atoms with Gasteiger partial charge >= 0.3 is 5.97 Å². The maximum absolute atomic E-state index is 11.7. The van der Waals surface area contributed by atoms with Gasteiger partial charge in [0.25, 0.3) is 0 Å². The molecule has 1 aliphatic rings. The second kappa shape index (κ2) is 7.06. The lowest BCUT2D eigenvalue weighted by atomic mass is 10.1. The first-order valence-corrected chi connectivity index (χ1v) is 7.33. The van der Waals surface area contributed by atoms with Gasteiger partial charge in [0.1, 0.15) is 6.33 Å². The number of ether oxygens (including phenoxy) is 2. The van der Waals surface area contributed by atoms with Crippen LogP contribution in [-0.4, -0.2) is 47.3 Å². The fourth-order valence-corrected chi connectivity index (χ4v) is 2.52. The van der Waals surface area contributed by atoms with Crippen LogP contribution in [0.25, 0.3) is 0 Å². The third-order valence-corrected chi connectivity index (χ3v) is 3.59. The monoisotopic (exact) mass is 315 g/mol. The van der Waals surface area contributed by atoms with Gasteiger partial charge in [-0.15, -0.1) is 0 Å². The van der Waals surface area contributed by atoms with E-state index in [1.165, 1.54) is 18.6 Å². The SMILES string of the molecule is O=C(O)C(Oc1ccncn1)c1ccccc1N1CCOCC1. The van der Waals surface area contributed by atoms with E-state index in [0.29, 0.717) is 18.8 Å². The Morgan fingerprint density at radius 3 is 2.74 bits per heavy atom. The Labute approximate surface area is 133 Å². The molecule has 1 aliphatic heterocycles. The number of carboxylic acid groups (broad SMARTS) is 1. The fourth-order valence-electron chi connectivity index (χ4n) is 2.52. The van der Waals surface area contributed by atoms with Crippen molar-refractivity contribution in [3.8, 4) is 5.88 Å². The molecule has 0 amide bonds. The topological polar surface area (TPSA) is 84.8 Å². The minimum absolute atomic E-state index is 0.226. The number of morpholine rings is 1. The van der Waals surface area contributed by atoms with Gasteiger partial charge < -0.3 is 19.5 Å². The average Bonchev–Trinajstić information content (AvgIpc) is 2.61. The van der Waals surface area contributed by atoms with Crippen molar-refractivity contribution in [2.45, 2.75) is 6.10 Å². The number of aromatic nitrogens is 2. The van der Waals surface area contributed by atoms with E-state index < -0.39 is 12.1 Å². The van der Waals surface area contributed by atoms with Gasteiger partial charge in [0, 0.05) is 36.6 Å². The smallest absolute Gasteiger partial charge is 0.349 e. The molecule has 3 rings (SSSR count). The van der Waals surface area contributed by atoms with Crippen LogP contribution < -0.4 is 9.64 Å². The first-order chi connectivity index (χ1) is 11.3. The molecule has 2 aromatic rings. The van der Waals surface area contributed by atoms with E-state index in [4.69, 9.17) is 9.47 Å². The average molecular weight is 315 g/mol. The highest BCUT2D eigenvalue weighted by Crippen LogP contribution is 2.30. The van der Waals surface area contributed by atoms with Crippen molar-refractivity contribution in [3.05, 3.63) is 48.4 Å². The second-order valence-corrected chi connectivity index (χ2v) is 5.04. The molecule has 1 N–H and O–H groups in total. The number of nitrogens with zero attached hydrogens (tertiary/aromatic N) is 3. The summed E-state index contributed by atoms with van der Waals surface area (Å²) in [6.07, 6.45) is 1.70. The van der Waals surface area contributed by atoms with Crippen LogP contribution >= 0.6 is 0 Å². The highest BCUT2D eigenvalue weighted by molar-refractivity contribution is 5.78. The lowest BCUT2D eigenvalue weighted by molar-refractivity contribution is -0.145. The molecule has 0 bridgehead atoms. The van der Waals surface area contributed by atoms with E-state index in [-0.39, 0.29) is 5.88 Å². The molecule has 0 spiro atoms. The predicted octanol–water partition coefficient (Wildman–Crippen LogP) is 1.52. The quantitative estimate of drug-likeness (QED) is 0.895. The van der Waals surface area contributed by atoms with E-state index in [1.54, 1.807) is 12.1 Å². The van der Waals surface area contributed by atoms with Crippen LogP contribution in [0.5, 0.6) is 5.88 Å². The summed E-state index contributed by atoms with van der Waals surface area (Å²) < 4.78 is 10.9. The number of para-hydroxylation sites is 1. The molecule has 1 atom stereocenters. The molecular weight excluding hydrogens is 298 g/mol. The summed E-state index contributed by atoms with van der Waals surface area (Å²) in [6, 6.07) is 8.90. The molecule has 7 nitrogen and oxygen atoms in total. The number of carboxylic acids is 1. The fraction of sp³-hybridized carbons (Fsp3) is 0.312. The highest BCUT2D eigenvalue weighted by atomic mass is 16.5. The summed E-state index contributed by atoms with van der Waals surface area (Å²) in [7, 11) is 0. The zero-order valence-electron chi connectivity index (χ0n) is 12.5. The van der Waals surface area contributed by atoms with Gasteiger partial charge in [-0.3, -0.25) is 0 Å². The number of hydrogen-bond acceptors (Lipinski definition) is 6. The molecule has 1 saturated heterocycles. The van der Waals surface area contributed by atoms with E-state index in [0.717, 1.165) is 18.8 Å². The molecular formula is C16H17N3O4. The van der Waals surface area contributed by atoms with Crippen LogP contribution in [0.4, 0.5) is 5.69 Å². The van der Waals surface area contributed by atoms with Gasteiger partial charge in [-0.25, -0.2) is 14.8 Å². The Bertz CT molecular complexity index is 659. The van der Waals surface area contributed by atoms with E-state index in [9.17, 15) is 9.90 Å².